The van der Waals surface area contributed by atoms with Crippen molar-refractivity contribution in [3.8, 4) is 11.1 Å². The van der Waals surface area contributed by atoms with Gasteiger partial charge >= 0.3 is 0 Å². The summed E-state index contributed by atoms with van der Waals surface area (Å²) in [6.07, 6.45) is 3.77. The average Bonchev–Trinajstić information content (AvgIpc) is 2.38. The van der Waals surface area contributed by atoms with Crippen LogP contribution in [0.25, 0.3) is 11.1 Å². The van der Waals surface area contributed by atoms with E-state index in [-0.39, 0.29) is 0 Å². The second kappa shape index (κ2) is 5.74. The molecule has 0 unspecified atom stereocenters. The van der Waals surface area contributed by atoms with Crippen LogP contribution in [0.5, 0.6) is 0 Å². The molecule has 2 aromatic rings. The van der Waals surface area contributed by atoms with Crippen LogP contribution in [0.1, 0.15) is 25.2 Å². The molecule has 1 N–H and O–H groups in total. The number of nitrogens with one attached hydrogen (secondary N) is 1. The lowest BCUT2D eigenvalue weighted by Gasteiger charge is -2.07. The van der Waals surface area contributed by atoms with E-state index in [2.05, 4.69) is 60.3 Å². The Labute approximate surface area is 108 Å². The molecular weight excluding hydrogens is 222 g/mol. The lowest BCUT2D eigenvalue weighted by Crippen LogP contribution is -2.23. The molecule has 94 valence electrons. The molecule has 1 aromatic heterocycles. The fraction of sp³-hybridized carbons (Fsp3) is 0.333. The number of benzene rings is 1. The number of hydrogen-bond acceptors (Lipinski definition) is 3. The molecule has 0 bridgehead atoms. The van der Waals surface area contributed by atoms with Crippen LogP contribution in [-0.2, 0) is 6.54 Å². The van der Waals surface area contributed by atoms with Crippen molar-refractivity contribution in [1.82, 2.24) is 15.3 Å². The third kappa shape index (κ3) is 3.37. The van der Waals surface area contributed by atoms with Gasteiger partial charge in [-0.1, -0.05) is 43.7 Å². The summed E-state index contributed by atoms with van der Waals surface area (Å²) in [4.78, 5) is 8.75. The first-order valence-electron chi connectivity index (χ1n) is 6.26. The van der Waals surface area contributed by atoms with Crippen LogP contribution in [0, 0.1) is 6.92 Å². The first-order chi connectivity index (χ1) is 8.65. The molecule has 1 aromatic carbocycles. The Morgan fingerprint density at radius 1 is 1.00 bits per heavy atom. The summed E-state index contributed by atoms with van der Waals surface area (Å²) in [5.41, 5.74) is 3.48. The van der Waals surface area contributed by atoms with Crippen LogP contribution in [-0.4, -0.2) is 16.0 Å². The van der Waals surface area contributed by atoms with Crippen molar-refractivity contribution in [3.63, 3.8) is 0 Å². The Hall–Kier alpha value is -1.74. The maximum Gasteiger partial charge on any atom is 0.141 e. The molecule has 0 spiro atoms. The van der Waals surface area contributed by atoms with E-state index in [1.165, 1.54) is 5.56 Å². The largest absolute Gasteiger partial charge is 0.308 e. The molecule has 0 aliphatic heterocycles. The molecule has 2 rings (SSSR count). The number of aromatic nitrogens is 2. The van der Waals surface area contributed by atoms with Crippen molar-refractivity contribution >= 4 is 0 Å². The molecular formula is C15H19N3. The summed E-state index contributed by atoms with van der Waals surface area (Å²) in [5, 5.41) is 3.30. The quantitative estimate of drug-likeness (QED) is 0.894. The van der Waals surface area contributed by atoms with E-state index in [0.717, 1.165) is 17.0 Å². The van der Waals surface area contributed by atoms with Gasteiger partial charge in [0.1, 0.15) is 5.82 Å². The SMILES string of the molecule is Cc1ccc(-c2cnc(CNC(C)C)nc2)cc1. The highest BCUT2D eigenvalue weighted by molar-refractivity contribution is 5.61. The predicted molar refractivity (Wildman–Crippen MR) is 74.2 cm³/mol. The van der Waals surface area contributed by atoms with Crippen LogP contribution < -0.4 is 5.32 Å². The molecule has 0 aliphatic carbocycles. The monoisotopic (exact) mass is 241 g/mol. The Balaban J connectivity index is 2.09. The van der Waals surface area contributed by atoms with E-state index < -0.39 is 0 Å². The van der Waals surface area contributed by atoms with Crippen molar-refractivity contribution in [2.45, 2.75) is 33.4 Å². The van der Waals surface area contributed by atoms with E-state index in [4.69, 9.17) is 0 Å². The van der Waals surface area contributed by atoms with Gasteiger partial charge in [0.15, 0.2) is 0 Å². The average molecular weight is 241 g/mol. The first kappa shape index (κ1) is 12.7. The fourth-order valence-corrected chi connectivity index (χ4v) is 1.64. The van der Waals surface area contributed by atoms with Crippen molar-refractivity contribution in [2.24, 2.45) is 0 Å². The third-order valence-electron chi connectivity index (χ3n) is 2.76. The molecule has 3 heteroatoms. The number of aryl methyl sites for hydroxylation is 1. The van der Waals surface area contributed by atoms with Crippen LogP contribution in [0.2, 0.25) is 0 Å². The Bertz CT molecular complexity index is 486. The molecule has 0 saturated carbocycles. The van der Waals surface area contributed by atoms with E-state index in [1.807, 2.05) is 12.4 Å². The Morgan fingerprint density at radius 3 is 2.17 bits per heavy atom. The second-order valence-electron chi connectivity index (χ2n) is 4.79. The zero-order valence-electron chi connectivity index (χ0n) is 11.1. The van der Waals surface area contributed by atoms with Crippen molar-refractivity contribution in [2.75, 3.05) is 0 Å². The van der Waals surface area contributed by atoms with Gasteiger partial charge in [-0.2, -0.15) is 0 Å². The summed E-state index contributed by atoms with van der Waals surface area (Å²) < 4.78 is 0. The summed E-state index contributed by atoms with van der Waals surface area (Å²) in [5.74, 6) is 0.833. The van der Waals surface area contributed by atoms with Crippen molar-refractivity contribution in [3.05, 3.63) is 48.0 Å². The van der Waals surface area contributed by atoms with Gasteiger partial charge in [0.25, 0.3) is 0 Å². The van der Waals surface area contributed by atoms with Crippen LogP contribution in [0.4, 0.5) is 0 Å². The van der Waals surface area contributed by atoms with Gasteiger partial charge in [-0.15, -0.1) is 0 Å². The number of hydrogen-bond donors (Lipinski definition) is 1. The molecule has 18 heavy (non-hydrogen) atoms. The van der Waals surface area contributed by atoms with Crippen molar-refractivity contribution < 1.29 is 0 Å². The molecule has 1 heterocycles. The van der Waals surface area contributed by atoms with Gasteiger partial charge in [0, 0.05) is 24.0 Å². The van der Waals surface area contributed by atoms with Gasteiger partial charge < -0.3 is 5.32 Å². The molecule has 0 saturated heterocycles. The van der Waals surface area contributed by atoms with Gasteiger partial charge in [0.05, 0.1) is 6.54 Å². The van der Waals surface area contributed by atoms with Crippen LogP contribution in [0.3, 0.4) is 0 Å². The third-order valence-corrected chi connectivity index (χ3v) is 2.76. The number of rotatable bonds is 4. The normalized spacial score (nSPS) is 10.9. The first-order valence-corrected chi connectivity index (χ1v) is 6.26. The fourth-order valence-electron chi connectivity index (χ4n) is 1.64. The number of nitrogens with zero attached hydrogens (tertiary/aromatic N) is 2. The lowest BCUT2D eigenvalue weighted by atomic mass is 10.1. The summed E-state index contributed by atoms with van der Waals surface area (Å²) >= 11 is 0. The summed E-state index contributed by atoms with van der Waals surface area (Å²) in [6, 6.07) is 8.85. The van der Waals surface area contributed by atoms with Crippen LogP contribution in [0.15, 0.2) is 36.7 Å². The predicted octanol–water partition coefficient (Wildman–Crippen LogP) is 2.95. The Morgan fingerprint density at radius 2 is 1.61 bits per heavy atom. The molecule has 0 aliphatic rings. The smallest absolute Gasteiger partial charge is 0.141 e. The molecule has 0 radical (unpaired) electrons. The van der Waals surface area contributed by atoms with Gasteiger partial charge in [-0.25, -0.2) is 9.97 Å². The maximum atomic E-state index is 4.38. The minimum absolute atomic E-state index is 0.449. The minimum Gasteiger partial charge on any atom is -0.308 e. The standard InChI is InChI=1S/C15H19N3/c1-11(2)16-10-15-17-8-14(9-18-15)13-6-4-12(3)5-7-13/h4-9,11,16H,10H2,1-3H3. The maximum absolute atomic E-state index is 4.38. The van der Waals surface area contributed by atoms with Gasteiger partial charge in [-0.3, -0.25) is 0 Å². The lowest BCUT2D eigenvalue weighted by molar-refractivity contribution is 0.572. The summed E-state index contributed by atoms with van der Waals surface area (Å²) in [7, 11) is 0. The van der Waals surface area contributed by atoms with Gasteiger partial charge in [-0.05, 0) is 12.5 Å². The zero-order chi connectivity index (χ0) is 13.0. The topological polar surface area (TPSA) is 37.8 Å². The van der Waals surface area contributed by atoms with E-state index in [9.17, 15) is 0 Å². The van der Waals surface area contributed by atoms with E-state index in [1.54, 1.807) is 0 Å². The van der Waals surface area contributed by atoms with Crippen LogP contribution >= 0.6 is 0 Å². The van der Waals surface area contributed by atoms with E-state index in [0.29, 0.717) is 12.6 Å². The van der Waals surface area contributed by atoms with E-state index >= 15 is 0 Å². The second-order valence-corrected chi connectivity index (χ2v) is 4.79. The minimum atomic E-state index is 0.449. The highest BCUT2D eigenvalue weighted by atomic mass is 15.0. The Kier molecular flexibility index (Phi) is 4.05. The molecule has 0 atom stereocenters. The summed E-state index contributed by atoms with van der Waals surface area (Å²) in [6.45, 7) is 7.02. The highest BCUT2D eigenvalue weighted by Crippen LogP contribution is 2.17. The highest BCUT2D eigenvalue weighted by Gasteiger charge is 2.01. The van der Waals surface area contributed by atoms with Crippen molar-refractivity contribution in [1.29, 1.82) is 0 Å². The molecule has 0 fully saturated rings. The molecule has 0 amide bonds. The zero-order valence-corrected chi connectivity index (χ0v) is 11.1. The molecule has 3 nitrogen and oxygen atoms in total. The van der Waals surface area contributed by atoms with Gasteiger partial charge in [0.2, 0.25) is 0 Å².